The Kier molecular flexibility index (Phi) is 12.5. The van der Waals surface area contributed by atoms with E-state index in [4.69, 9.17) is 18.8 Å². The molecule has 2 fully saturated rings. The van der Waals surface area contributed by atoms with Crippen LogP contribution in [0.5, 0.6) is 0 Å². The van der Waals surface area contributed by atoms with Gasteiger partial charge in [0.1, 0.15) is 17.6 Å². The van der Waals surface area contributed by atoms with Crippen molar-refractivity contribution in [3.63, 3.8) is 0 Å². The molecule has 3 amide bonds. The van der Waals surface area contributed by atoms with Crippen molar-refractivity contribution >= 4 is 31.3 Å². The standard InChI is InChI=1S/C38H43N6O8P/c1-50-31-17-18-44(24-31)34-23-32(39-35(41-34)30-15-9-4-10-16-30)36(45)40-33(37(46)42-19-21-43(22-20-42)38(47)48)27-53(49,51-25-28-11-5-2-6-12-28)52-26-29-13-7-3-8-14-29/h2-16,23,31,33H,17-22,24-27H2,1H3,(H,40,45)(H,47,48)/t31-,33-/m0/s1. The summed E-state index contributed by atoms with van der Waals surface area (Å²) in [5.41, 5.74) is 2.19. The van der Waals surface area contributed by atoms with Crippen molar-refractivity contribution in [2.45, 2.75) is 31.8 Å². The summed E-state index contributed by atoms with van der Waals surface area (Å²) in [5, 5.41) is 12.3. The van der Waals surface area contributed by atoms with E-state index in [9.17, 15) is 24.1 Å². The Bertz CT molecular complexity index is 1850. The Hall–Kier alpha value is -5.14. The van der Waals surface area contributed by atoms with Crippen LogP contribution in [0.4, 0.5) is 10.6 Å². The normalized spacial score (nSPS) is 16.7. The molecular weight excluding hydrogens is 699 g/mol. The van der Waals surface area contributed by atoms with Gasteiger partial charge in [0, 0.05) is 58.0 Å². The molecule has 15 heteroatoms. The quantitative estimate of drug-likeness (QED) is 0.169. The summed E-state index contributed by atoms with van der Waals surface area (Å²) in [6.07, 6.45) is -0.775. The number of rotatable bonds is 14. The highest BCUT2D eigenvalue weighted by atomic mass is 31.2. The Morgan fingerprint density at radius 2 is 1.40 bits per heavy atom. The summed E-state index contributed by atoms with van der Waals surface area (Å²) in [7, 11) is -2.44. The molecule has 2 N–H and O–H groups in total. The molecule has 2 aliphatic heterocycles. The van der Waals surface area contributed by atoms with Crippen molar-refractivity contribution in [2.24, 2.45) is 0 Å². The number of amides is 3. The number of nitrogens with zero attached hydrogens (tertiary/aromatic N) is 5. The Labute approximate surface area is 308 Å². The average Bonchev–Trinajstić information content (AvgIpc) is 3.70. The maximum atomic E-state index is 14.6. The molecule has 14 nitrogen and oxygen atoms in total. The summed E-state index contributed by atoms with van der Waals surface area (Å²) < 4.78 is 32.2. The lowest BCUT2D eigenvalue weighted by atomic mass is 10.2. The second-order valence-corrected chi connectivity index (χ2v) is 14.9. The van der Waals surface area contributed by atoms with Gasteiger partial charge in [-0.3, -0.25) is 14.2 Å². The second kappa shape index (κ2) is 17.6. The van der Waals surface area contributed by atoms with Crippen LogP contribution in [0, 0.1) is 0 Å². The van der Waals surface area contributed by atoms with Crippen LogP contribution in [0.25, 0.3) is 11.4 Å². The van der Waals surface area contributed by atoms with Gasteiger partial charge in [0.15, 0.2) is 5.82 Å². The molecule has 3 heterocycles. The number of methoxy groups -OCH3 is 1. The number of ether oxygens (including phenoxy) is 1. The van der Waals surface area contributed by atoms with Crippen LogP contribution >= 0.6 is 7.60 Å². The summed E-state index contributed by atoms with van der Waals surface area (Å²) in [4.78, 5) is 54.2. The molecule has 4 aromatic rings. The molecular formula is C38H43N6O8P. The van der Waals surface area contributed by atoms with Crippen molar-refractivity contribution in [2.75, 3.05) is 57.4 Å². The third kappa shape index (κ3) is 10.1. The number of carboxylic acid groups (broad SMARTS) is 1. The number of anilines is 1. The number of carbonyl (C=O) groups is 3. The minimum absolute atomic E-state index is 0.00642. The smallest absolute Gasteiger partial charge is 0.407 e. The van der Waals surface area contributed by atoms with Crippen molar-refractivity contribution in [1.82, 2.24) is 25.1 Å². The van der Waals surface area contributed by atoms with Gasteiger partial charge in [0.05, 0.1) is 25.5 Å². The monoisotopic (exact) mass is 742 g/mol. The number of piperazine rings is 1. The highest BCUT2D eigenvalue weighted by molar-refractivity contribution is 7.53. The summed E-state index contributed by atoms with van der Waals surface area (Å²) in [6, 6.07) is 27.8. The second-order valence-electron chi connectivity index (χ2n) is 12.8. The third-order valence-electron chi connectivity index (χ3n) is 9.19. The fraction of sp³-hybridized carbons (Fsp3) is 0.342. The molecule has 1 aromatic heterocycles. The number of aromatic nitrogens is 2. The van der Waals surface area contributed by atoms with Gasteiger partial charge in [-0.25, -0.2) is 14.8 Å². The SMILES string of the molecule is CO[C@H]1CCN(c2cc(C(=O)N[C@@H](CP(=O)(OCc3ccccc3)OCc3ccccc3)C(=O)N3CCN(C(=O)O)CC3)nc(-c3ccccc3)n2)C1. The van der Waals surface area contributed by atoms with E-state index in [1.165, 1.54) is 9.80 Å². The first-order valence-electron chi connectivity index (χ1n) is 17.5. The number of benzene rings is 3. The summed E-state index contributed by atoms with van der Waals surface area (Å²) in [6.45, 7) is 1.46. The van der Waals surface area contributed by atoms with Crippen molar-refractivity contribution in [1.29, 1.82) is 0 Å². The zero-order valence-electron chi connectivity index (χ0n) is 29.5. The van der Waals surface area contributed by atoms with Gasteiger partial charge in [-0.2, -0.15) is 0 Å². The topological polar surface area (TPSA) is 164 Å². The Morgan fingerprint density at radius 1 is 0.830 bits per heavy atom. The fourth-order valence-electron chi connectivity index (χ4n) is 6.17. The minimum Gasteiger partial charge on any atom is -0.465 e. The summed E-state index contributed by atoms with van der Waals surface area (Å²) in [5.74, 6) is -0.382. The van der Waals surface area contributed by atoms with Crippen LogP contribution in [0.15, 0.2) is 97.1 Å². The average molecular weight is 743 g/mol. The highest BCUT2D eigenvalue weighted by Crippen LogP contribution is 2.50. The predicted octanol–water partition coefficient (Wildman–Crippen LogP) is 4.92. The first kappa shape index (κ1) is 37.6. The van der Waals surface area contributed by atoms with Crippen LogP contribution in [0.2, 0.25) is 0 Å². The van der Waals surface area contributed by atoms with Gasteiger partial charge >= 0.3 is 13.7 Å². The van der Waals surface area contributed by atoms with Crippen molar-refractivity contribution in [3.8, 4) is 11.4 Å². The van der Waals surface area contributed by atoms with E-state index < -0.39 is 37.7 Å². The lowest BCUT2D eigenvalue weighted by Crippen LogP contribution is -2.56. The predicted molar refractivity (Wildman–Crippen MR) is 197 cm³/mol. The Balaban J connectivity index is 1.31. The Morgan fingerprint density at radius 3 is 1.94 bits per heavy atom. The van der Waals surface area contributed by atoms with Crippen LogP contribution in [0.1, 0.15) is 28.0 Å². The highest BCUT2D eigenvalue weighted by Gasteiger charge is 2.38. The molecule has 0 bridgehead atoms. The number of carbonyl (C=O) groups excluding carboxylic acids is 2. The van der Waals surface area contributed by atoms with Gasteiger partial charge in [-0.05, 0) is 17.5 Å². The van der Waals surface area contributed by atoms with Gasteiger partial charge in [-0.15, -0.1) is 0 Å². The molecule has 2 saturated heterocycles. The first-order chi connectivity index (χ1) is 25.7. The molecule has 0 saturated carbocycles. The van der Waals surface area contributed by atoms with Crippen LogP contribution in [0.3, 0.4) is 0 Å². The van der Waals surface area contributed by atoms with E-state index >= 15 is 0 Å². The van der Waals surface area contributed by atoms with Gasteiger partial charge in [-0.1, -0.05) is 91.0 Å². The van der Waals surface area contributed by atoms with Crippen molar-refractivity contribution < 1.29 is 37.8 Å². The summed E-state index contributed by atoms with van der Waals surface area (Å²) >= 11 is 0. The third-order valence-corrected chi connectivity index (χ3v) is 11.0. The molecule has 2 atom stereocenters. The van der Waals surface area contributed by atoms with Gasteiger partial charge in [0.2, 0.25) is 5.91 Å². The molecule has 0 radical (unpaired) electrons. The van der Waals surface area contributed by atoms with Crippen LogP contribution < -0.4 is 10.2 Å². The van der Waals surface area contributed by atoms with Crippen LogP contribution in [-0.2, 0) is 36.4 Å². The van der Waals surface area contributed by atoms with E-state index in [-0.39, 0.29) is 51.2 Å². The molecule has 0 spiro atoms. The number of hydrogen-bond donors (Lipinski definition) is 2. The molecule has 6 rings (SSSR count). The molecule has 0 aliphatic carbocycles. The zero-order valence-corrected chi connectivity index (χ0v) is 30.3. The molecule has 53 heavy (non-hydrogen) atoms. The largest absolute Gasteiger partial charge is 0.465 e. The number of nitrogens with one attached hydrogen (secondary N) is 1. The molecule has 278 valence electrons. The van der Waals surface area contributed by atoms with E-state index in [1.54, 1.807) is 13.2 Å². The fourth-order valence-corrected chi connectivity index (χ4v) is 7.85. The number of hydrogen-bond acceptors (Lipinski definition) is 10. The van der Waals surface area contributed by atoms with E-state index in [0.717, 1.165) is 17.5 Å². The van der Waals surface area contributed by atoms with Crippen molar-refractivity contribution in [3.05, 3.63) is 114 Å². The van der Waals surface area contributed by atoms with Crippen LogP contribution in [-0.4, -0.2) is 107 Å². The van der Waals surface area contributed by atoms with Gasteiger partial charge in [0.25, 0.3) is 5.91 Å². The maximum Gasteiger partial charge on any atom is 0.407 e. The minimum atomic E-state index is -4.10. The first-order valence-corrected chi connectivity index (χ1v) is 19.2. The molecule has 3 aromatic carbocycles. The lowest BCUT2D eigenvalue weighted by molar-refractivity contribution is -0.134. The van der Waals surface area contributed by atoms with E-state index in [1.807, 2.05) is 95.9 Å². The molecule has 2 aliphatic rings. The molecule has 0 unspecified atom stereocenters. The van der Waals surface area contributed by atoms with Gasteiger partial charge < -0.3 is 38.9 Å². The van der Waals surface area contributed by atoms with E-state index in [0.29, 0.717) is 30.3 Å². The lowest BCUT2D eigenvalue weighted by Gasteiger charge is -2.35. The van der Waals surface area contributed by atoms with E-state index in [2.05, 4.69) is 10.3 Å². The zero-order chi connectivity index (χ0) is 37.2. The maximum absolute atomic E-state index is 14.6.